The molecule has 3 heterocycles. The van der Waals surface area contributed by atoms with Crippen LogP contribution >= 0.6 is 0 Å². The molecule has 2 aromatic carbocycles. The Morgan fingerprint density at radius 2 is 1.71 bits per heavy atom. The van der Waals surface area contributed by atoms with E-state index >= 15 is 0 Å². The Labute approximate surface area is 294 Å². The molecule has 1 aliphatic carbocycles. The normalized spacial score (nSPS) is 20.8. The number of rotatable bonds is 8. The number of anilines is 1. The first-order valence-corrected chi connectivity index (χ1v) is 18.0. The fourth-order valence-electron chi connectivity index (χ4n) is 7.02. The molecule has 4 aromatic rings. The monoisotopic (exact) mass is 718 g/mol. The molecule has 2 atom stereocenters. The number of fused-ring (bicyclic) bond motifs is 1. The Kier molecular flexibility index (Phi) is 9.78. The lowest BCUT2D eigenvalue weighted by molar-refractivity contribution is -0.0249. The topological polar surface area (TPSA) is 186 Å². The summed E-state index contributed by atoms with van der Waals surface area (Å²) in [6, 6.07) is 10.1. The lowest BCUT2D eigenvalue weighted by Crippen LogP contribution is -2.42. The minimum atomic E-state index is -4.20. The molecule has 268 valence electrons. The molecule has 1 amide bonds. The van der Waals surface area contributed by atoms with Gasteiger partial charge in [0.25, 0.3) is 15.7 Å². The number of carbonyl (C=O) groups excluding carboxylic acids is 2. The quantitative estimate of drug-likeness (QED) is 0.150. The maximum atomic E-state index is 13.9. The molecule has 2 fully saturated rings. The molecule has 15 nitrogen and oxygen atoms in total. The summed E-state index contributed by atoms with van der Waals surface area (Å²) in [6.45, 7) is 17.0. The molecule has 2 aliphatic rings. The van der Waals surface area contributed by atoms with Gasteiger partial charge in [0.05, 0.1) is 35.9 Å². The molecule has 0 spiro atoms. The second kappa shape index (κ2) is 14.1. The van der Waals surface area contributed by atoms with Gasteiger partial charge in [-0.25, -0.2) is 37.1 Å². The van der Waals surface area contributed by atoms with Crippen LogP contribution < -0.4 is 9.46 Å². The zero-order valence-electron chi connectivity index (χ0n) is 28.5. The van der Waals surface area contributed by atoms with Gasteiger partial charge in [0.1, 0.15) is 11.7 Å². The predicted octanol–water partition coefficient (Wildman–Crippen LogP) is 5.75. The minimum absolute atomic E-state index is 0.00530. The maximum absolute atomic E-state index is 13.9. The minimum Gasteiger partial charge on any atom is -0.478 e. The van der Waals surface area contributed by atoms with Crippen LogP contribution in [-0.4, -0.2) is 83.5 Å². The van der Waals surface area contributed by atoms with Crippen LogP contribution in [-0.2, 0) is 19.5 Å². The van der Waals surface area contributed by atoms with Crippen molar-refractivity contribution in [1.82, 2.24) is 19.5 Å². The first kappa shape index (κ1) is 35.4. The number of esters is 1. The summed E-state index contributed by atoms with van der Waals surface area (Å²) in [5.74, 6) is -1.46. The van der Waals surface area contributed by atoms with Gasteiger partial charge in [-0.2, -0.15) is 0 Å². The van der Waals surface area contributed by atoms with Crippen LogP contribution in [0.25, 0.3) is 21.9 Å². The molecule has 2 aromatic heterocycles. The summed E-state index contributed by atoms with van der Waals surface area (Å²) >= 11 is 0. The molecule has 16 heteroatoms. The summed E-state index contributed by atoms with van der Waals surface area (Å²) in [5.41, 5.74) is 0.153. The van der Waals surface area contributed by atoms with Crippen molar-refractivity contribution in [3.05, 3.63) is 70.6 Å². The van der Waals surface area contributed by atoms with Crippen molar-refractivity contribution in [2.24, 2.45) is 17.8 Å². The SMILES string of the molecule is [C-]#[N+]c1c(C(=O)OC2C(C)CC(C)CC2C)c2nc(-c3ccc(S(=O)(=O)Nc4cccc(C)c4C(=O)O)cc3)[nH]n2c1OC(=O)N1CCOCC1. The van der Waals surface area contributed by atoms with Crippen molar-refractivity contribution >= 4 is 45.1 Å². The average Bonchev–Trinajstić information content (AvgIpc) is 3.64. The molecule has 51 heavy (non-hydrogen) atoms. The Morgan fingerprint density at radius 3 is 2.33 bits per heavy atom. The van der Waals surface area contributed by atoms with Crippen LogP contribution in [0.5, 0.6) is 5.88 Å². The number of carboxylic acid groups (broad SMARTS) is 1. The van der Waals surface area contributed by atoms with Gasteiger partial charge in [0.2, 0.25) is 5.88 Å². The van der Waals surface area contributed by atoms with Gasteiger partial charge in [-0.05, 0) is 73.4 Å². The number of hydrogen-bond donors (Lipinski definition) is 3. The van der Waals surface area contributed by atoms with Gasteiger partial charge >= 0.3 is 18.0 Å². The standard InChI is InChI=1S/C35H38N6O9S/c1-19-17-21(3)29(22(4)18-19)49-34(44)27-28(36-5)32(50-35(45)40-13-15-48-16-14-40)41-31(27)37-30(38-41)23-9-11-24(12-10-23)51(46,47)39-25-8-6-7-20(2)26(25)33(42)43/h6-12,19,21-22,29,39H,13-18H2,1-4H3,(H,37,38)(H,42,43). The number of hydrogen-bond acceptors (Lipinski definition) is 9. The first-order chi connectivity index (χ1) is 24.3. The second-order valence-corrected chi connectivity index (χ2v) is 14.9. The number of aromatic nitrogens is 3. The molecule has 0 bridgehead atoms. The zero-order chi connectivity index (χ0) is 36.6. The summed E-state index contributed by atoms with van der Waals surface area (Å²) in [7, 11) is -4.20. The van der Waals surface area contributed by atoms with Gasteiger partial charge in [0.15, 0.2) is 11.5 Å². The van der Waals surface area contributed by atoms with E-state index in [0.29, 0.717) is 30.3 Å². The second-order valence-electron chi connectivity index (χ2n) is 13.2. The fourth-order valence-corrected chi connectivity index (χ4v) is 8.09. The number of morpholine rings is 1. The summed E-state index contributed by atoms with van der Waals surface area (Å²) in [4.78, 5) is 48.4. The first-order valence-electron chi connectivity index (χ1n) is 16.5. The number of aryl methyl sites for hydroxylation is 1. The lowest BCUT2D eigenvalue weighted by Gasteiger charge is -2.37. The molecule has 1 saturated carbocycles. The fraction of sp³-hybridized carbons (Fsp3) is 0.400. The number of aromatic amines is 1. The smallest absolute Gasteiger partial charge is 0.415 e. The number of ether oxygens (including phenoxy) is 3. The Balaban J connectivity index is 1.36. The molecule has 3 N–H and O–H groups in total. The van der Waals surface area contributed by atoms with Gasteiger partial charge in [-0.3, -0.25) is 9.82 Å². The van der Waals surface area contributed by atoms with Crippen molar-refractivity contribution in [1.29, 1.82) is 0 Å². The number of benzene rings is 2. The van der Waals surface area contributed by atoms with Gasteiger partial charge in [-0.15, -0.1) is 0 Å². The predicted molar refractivity (Wildman–Crippen MR) is 185 cm³/mol. The average molecular weight is 719 g/mol. The van der Waals surface area contributed by atoms with Gasteiger partial charge in [0, 0.05) is 18.7 Å². The van der Waals surface area contributed by atoms with Crippen LogP contribution in [0.3, 0.4) is 0 Å². The third-order valence-electron chi connectivity index (χ3n) is 9.36. The molecule has 1 saturated heterocycles. The third kappa shape index (κ3) is 6.99. The molecule has 1 aliphatic heterocycles. The molecule has 0 radical (unpaired) electrons. The highest BCUT2D eigenvalue weighted by molar-refractivity contribution is 7.92. The van der Waals surface area contributed by atoms with Crippen molar-refractivity contribution in [2.45, 2.75) is 51.5 Å². The number of carboxylic acids is 1. The van der Waals surface area contributed by atoms with Crippen LogP contribution in [0.2, 0.25) is 0 Å². The van der Waals surface area contributed by atoms with Crippen LogP contribution in [0.15, 0.2) is 47.4 Å². The molecule has 2 unspecified atom stereocenters. The van der Waals surface area contributed by atoms with E-state index in [4.69, 9.17) is 20.8 Å². The summed E-state index contributed by atoms with van der Waals surface area (Å²) < 4.78 is 47.2. The third-order valence-corrected chi connectivity index (χ3v) is 10.7. The van der Waals surface area contributed by atoms with Crippen molar-refractivity contribution in [3.63, 3.8) is 0 Å². The van der Waals surface area contributed by atoms with Crippen molar-refractivity contribution < 1.29 is 42.1 Å². The summed E-state index contributed by atoms with van der Waals surface area (Å²) in [5, 5.41) is 12.6. The van der Waals surface area contributed by atoms with E-state index in [-0.39, 0.29) is 69.7 Å². The van der Waals surface area contributed by atoms with E-state index < -0.39 is 34.2 Å². The number of nitrogens with zero attached hydrogens (tertiary/aromatic N) is 4. The Bertz CT molecular complexity index is 2130. The number of amides is 1. The van der Waals surface area contributed by atoms with Crippen LogP contribution in [0.1, 0.15) is 59.9 Å². The van der Waals surface area contributed by atoms with Gasteiger partial charge in [-0.1, -0.05) is 32.9 Å². The Morgan fingerprint density at radius 1 is 1.04 bits per heavy atom. The van der Waals surface area contributed by atoms with Crippen LogP contribution in [0.4, 0.5) is 16.2 Å². The van der Waals surface area contributed by atoms with E-state index in [2.05, 4.69) is 26.6 Å². The Hall–Kier alpha value is -5.40. The van der Waals surface area contributed by atoms with E-state index in [9.17, 15) is 27.9 Å². The van der Waals surface area contributed by atoms with Crippen molar-refractivity contribution in [2.75, 3.05) is 31.0 Å². The van der Waals surface area contributed by atoms with E-state index in [1.165, 1.54) is 39.7 Å². The molecular formula is C35H38N6O9S. The highest BCUT2D eigenvalue weighted by Gasteiger charge is 2.38. The maximum Gasteiger partial charge on any atom is 0.415 e. The number of H-pyrrole nitrogens is 1. The molecule has 6 rings (SSSR count). The number of nitrogens with one attached hydrogen (secondary N) is 2. The zero-order valence-corrected chi connectivity index (χ0v) is 29.3. The number of carbonyl (C=O) groups is 3. The van der Waals surface area contributed by atoms with E-state index in [1.807, 2.05) is 13.8 Å². The van der Waals surface area contributed by atoms with E-state index in [0.717, 1.165) is 12.8 Å². The number of aromatic carboxylic acids is 1. The summed E-state index contributed by atoms with van der Waals surface area (Å²) in [6.07, 6.45) is 0.634. The number of sulfonamides is 1. The van der Waals surface area contributed by atoms with E-state index in [1.54, 1.807) is 19.1 Å². The molecular weight excluding hydrogens is 680 g/mol. The lowest BCUT2D eigenvalue weighted by atomic mass is 9.75. The highest BCUT2D eigenvalue weighted by Crippen LogP contribution is 2.41. The van der Waals surface area contributed by atoms with Crippen molar-refractivity contribution in [3.8, 4) is 17.3 Å². The highest BCUT2D eigenvalue weighted by atomic mass is 32.2. The van der Waals surface area contributed by atoms with Gasteiger partial charge < -0.3 is 24.2 Å². The largest absolute Gasteiger partial charge is 0.478 e. The van der Waals surface area contributed by atoms with Crippen LogP contribution in [0, 0.1) is 31.2 Å².